The third-order valence-corrected chi connectivity index (χ3v) is 7.97. The molecule has 0 aliphatic rings. The standard InChI is InChI=1S/C39H43NO12/c1-43-28-16-23(17-29(44-2)37(28)49-7)10-14-34(41)40-22-33(25-12-13-27-26(20-25)21-32(47-5)39(51-9)36(27)48-6)52-35(42)15-11-24-18-30(45-3)38(50-8)31(19-24)46-4/h10-21,33H,22H2,1-9H3,(H,40,41)/b14-10+,15-11+/t33-/m1/s1. The Hall–Kier alpha value is -6.24. The lowest BCUT2D eigenvalue weighted by atomic mass is 10.0. The van der Waals surface area contributed by atoms with Crippen molar-refractivity contribution in [3.8, 4) is 51.7 Å². The third kappa shape index (κ3) is 8.73. The first kappa shape index (κ1) is 38.6. The Balaban J connectivity index is 1.64. The number of hydrogen-bond donors (Lipinski definition) is 1. The van der Waals surface area contributed by atoms with Crippen LogP contribution in [0.15, 0.2) is 60.7 Å². The molecule has 0 heterocycles. The highest BCUT2D eigenvalue weighted by atomic mass is 16.6. The maximum Gasteiger partial charge on any atom is 0.331 e. The molecule has 0 aromatic heterocycles. The minimum atomic E-state index is -0.904. The van der Waals surface area contributed by atoms with Crippen molar-refractivity contribution in [2.45, 2.75) is 6.10 Å². The number of fused-ring (bicyclic) bond motifs is 1. The molecule has 0 unspecified atom stereocenters. The van der Waals surface area contributed by atoms with Gasteiger partial charge in [0.15, 0.2) is 34.5 Å². The highest BCUT2D eigenvalue weighted by Gasteiger charge is 2.21. The molecular formula is C39H43NO12. The Labute approximate surface area is 302 Å². The van der Waals surface area contributed by atoms with Crippen LogP contribution < -0.4 is 47.9 Å². The second kappa shape index (κ2) is 18.1. The van der Waals surface area contributed by atoms with E-state index in [9.17, 15) is 9.59 Å². The zero-order chi connectivity index (χ0) is 37.8. The summed E-state index contributed by atoms with van der Waals surface area (Å²) >= 11 is 0. The molecule has 0 radical (unpaired) electrons. The van der Waals surface area contributed by atoms with E-state index in [1.165, 1.54) is 76.1 Å². The molecule has 1 N–H and O–H groups in total. The lowest BCUT2D eigenvalue weighted by Gasteiger charge is -2.20. The van der Waals surface area contributed by atoms with Crippen LogP contribution >= 0.6 is 0 Å². The van der Waals surface area contributed by atoms with Crippen LogP contribution in [0.25, 0.3) is 22.9 Å². The van der Waals surface area contributed by atoms with E-state index in [2.05, 4.69) is 5.32 Å². The van der Waals surface area contributed by atoms with Gasteiger partial charge >= 0.3 is 5.97 Å². The molecule has 4 rings (SSSR count). The summed E-state index contributed by atoms with van der Waals surface area (Å²) in [6.45, 7) is -0.0574. The number of ether oxygens (including phenoxy) is 10. The first-order valence-corrected chi connectivity index (χ1v) is 15.9. The van der Waals surface area contributed by atoms with Crippen molar-refractivity contribution in [3.63, 3.8) is 0 Å². The van der Waals surface area contributed by atoms with E-state index in [0.717, 1.165) is 10.8 Å². The number of nitrogens with one attached hydrogen (secondary N) is 1. The van der Waals surface area contributed by atoms with Crippen LogP contribution in [0.5, 0.6) is 51.7 Å². The second-order valence-electron chi connectivity index (χ2n) is 10.9. The SMILES string of the molecule is COc1cc(/C=C/C(=O)NC[C@@H](OC(=O)/C=C/c2cc(OC)c(OC)c(OC)c2)c2ccc3c(OC)c(OC)c(OC)cc3c2)cc(OC)c1OC. The summed E-state index contributed by atoms with van der Waals surface area (Å²) in [5, 5.41) is 4.31. The van der Waals surface area contributed by atoms with Gasteiger partial charge in [-0.15, -0.1) is 0 Å². The minimum absolute atomic E-state index is 0.0574. The number of carbonyl (C=O) groups excluding carboxylic acids is 2. The Bertz CT molecular complexity index is 1900. The topological polar surface area (TPSA) is 138 Å². The smallest absolute Gasteiger partial charge is 0.331 e. The van der Waals surface area contributed by atoms with Crippen molar-refractivity contribution in [1.82, 2.24) is 5.32 Å². The van der Waals surface area contributed by atoms with Crippen molar-refractivity contribution in [2.75, 3.05) is 70.5 Å². The van der Waals surface area contributed by atoms with Crippen LogP contribution in [0.3, 0.4) is 0 Å². The zero-order valence-electron chi connectivity index (χ0n) is 30.6. The van der Waals surface area contributed by atoms with Crippen LogP contribution in [0.1, 0.15) is 22.8 Å². The van der Waals surface area contributed by atoms with Gasteiger partial charge in [-0.05, 0) is 70.6 Å². The molecule has 0 aliphatic heterocycles. The fourth-order valence-electron chi connectivity index (χ4n) is 5.49. The molecule has 1 atom stereocenters. The predicted molar refractivity (Wildman–Crippen MR) is 196 cm³/mol. The van der Waals surface area contributed by atoms with Gasteiger partial charge in [-0.25, -0.2) is 4.79 Å². The highest BCUT2D eigenvalue weighted by Crippen LogP contribution is 2.44. The van der Waals surface area contributed by atoms with Crippen molar-refractivity contribution in [2.24, 2.45) is 0 Å². The average molecular weight is 718 g/mol. The van der Waals surface area contributed by atoms with E-state index in [-0.39, 0.29) is 6.54 Å². The Morgan fingerprint density at radius 1 is 0.558 bits per heavy atom. The highest BCUT2D eigenvalue weighted by molar-refractivity contribution is 5.94. The van der Waals surface area contributed by atoms with Gasteiger partial charge in [-0.1, -0.05) is 12.1 Å². The normalized spacial score (nSPS) is 11.6. The van der Waals surface area contributed by atoms with Crippen LogP contribution in [0.4, 0.5) is 0 Å². The Morgan fingerprint density at radius 2 is 1.02 bits per heavy atom. The van der Waals surface area contributed by atoms with E-state index < -0.39 is 18.0 Å². The van der Waals surface area contributed by atoms with E-state index in [1.54, 1.807) is 48.6 Å². The lowest BCUT2D eigenvalue weighted by molar-refractivity contribution is -0.143. The van der Waals surface area contributed by atoms with Gasteiger partial charge in [0.2, 0.25) is 23.2 Å². The van der Waals surface area contributed by atoms with Crippen LogP contribution in [0, 0.1) is 0 Å². The summed E-state index contributed by atoms with van der Waals surface area (Å²) in [6, 6.07) is 14.1. The van der Waals surface area contributed by atoms with Gasteiger partial charge < -0.3 is 52.7 Å². The fourth-order valence-corrected chi connectivity index (χ4v) is 5.49. The summed E-state index contributed by atoms with van der Waals surface area (Å²) in [5.74, 6) is 2.86. The number of carbonyl (C=O) groups is 2. The number of amides is 1. The largest absolute Gasteiger partial charge is 0.493 e. The predicted octanol–water partition coefficient (Wildman–Crippen LogP) is 6.04. The fraction of sp³-hybridized carbons (Fsp3) is 0.282. The van der Waals surface area contributed by atoms with Crippen molar-refractivity contribution in [1.29, 1.82) is 0 Å². The Kier molecular flexibility index (Phi) is 13.4. The van der Waals surface area contributed by atoms with Gasteiger partial charge in [-0.2, -0.15) is 0 Å². The summed E-state index contributed by atoms with van der Waals surface area (Å²) in [6.07, 6.45) is 4.89. The molecule has 52 heavy (non-hydrogen) atoms. The molecular weight excluding hydrogens is 674 g/mol. The van der Waals surface area contributed by atoms with Gasteiger partial charge in [-0.3, -0.25) is 4.79 Å². The maximum absolute atomic E-state index is 13.3. The van der Waals surface area contributed by atoms with Crippen molar-refractivity contribution < 1.29 is 57.0 Å². The minimum Gasteiger partial charge on any atom is -0.493 e. The molecule has 0 saturated heterocycles. The zero-order valence-corrected chi connectivity index (χ0v) is 30.6. The molecule has 4 aromatic carbocycles. The summed E-state index contributed by atoms with van der Waals surface area (Å²) in [7, 11) is 13.6. The van der Waals surface area contributed by atoms with Gasteiger partial charge in [0, 0.05) is 17.5 Å². The first-order valence-electron chi connectivity index (χ1n) is 15.9. The van der Waals surface area contributed by atoms with E-state index >= 15 is 0 Å². The molecule has 4 aromatic rings. The number of benzene rings is 4. The number of esters is 1. The molecule has 276 valence electrons. The molecule has 0 saturated carbocycles. The summed E-state index contributed by atoms with van der Waals surface area (Å²) in [4.78, 5) is 26.4. The van der Waals surface area contributed by atoms with Crippen LogP contribution in [-0.4, -0.2) is 82.4 Å². The number of hydrogen-bond acceptors (Lipinski definition) is 12. The number of rotatable bonds is 17. The quantitative estimate of drug-likeness (QED) is 0.101. The van der Waals surface area contributed by atoms with E-state index in [1.807, 2.05) is 12.1 Å². The number of methoxy groups -OCH3 is 9. The van der Waals surface area contributed by atoms with Gasteiger partial charge in [0.05, 0.1) is 70.5 Å². The monoisotopic (exact) mass is 717 g/mol. The first-order chi connectivity index (χ1) is 25.2. The summed E-state index contributed by atoms with van der Waals surface area (Å²) < 4.78 is 55.1. The van der Waals surface area contributed by atoms with Gasteiger partial charge in [0.1, 0.15) is 6.10 Å². The molecule has 0 fully saturated rings. The second-order valence-corrected chi connectivity index (χ2v) is 10.9. The van der Waals surface area contributed by atoms with Crippen LogP contribution in [-0.2, 0) is 14.3 Å². The molecule has 1 amide bonds. The van der Waals surface area contributed by atoms with Crippen molar-refractivity contribution >= 4 is 34.8 Å². The van der Waals surface area contributed by atoms with E-state index in [4.69, 9.17) is 47.4 Å². The molecule has 13 heteroatoms. The molecule has 0 spiro atoms. The summed E-state index contributed by atoms with van der Waals surface area (Å²) in [5.41, 5.74) is 1.84. The molecule has 0 aliphatic carbocycles. The maximum atomic E-state index is 13.3. The lowest BCUT2D eigenvalue weighted by Crippen LogP contribution is -2.29. The van der Waals surface area contributed by atoms with Gasteiger partial charge in [0.25, 0.3) is 0 Å². The average Bonchev–Trinajstić information content (AvgIpc) is 3.18. The van der Waals surface area contributed by atoms with E-state index in [0.29, 0.717) is 68.4 Å². The molecule has 0 bridgehead atoms. The molecule has 13 nitrogen and oxygen atoms in total. The van der Waals surface area contributed by atoms with Crippen molar-refractivity contribution in [3.05, 3.63) is 77.4 Å². The third-order valence-electron chi connectivity index (χ3n) is 7.97. The Morgan fingerprint density at radius 3 is 1.48 bits per heavy atom. The van der Waals surface area contributed by atoms with Crippen LogP contribution in [0.2, 0.25) is 0 Å².